The van der Waals surface area contributed by atoms with Crippen LogP contribution in [0.3, 0.4) is 0 Å². The summed E-state index contributed by atoms with van der Waals surface area (Å²) in [6, 6.07) is 3.17. The summed E-state index contributed by atoms with van der Waals surface area (Å²) in [4.78, 5) is 0.0437. The number of nitrogens with one attached hydrogen (secondary N) is 2. The molecule has 0 radical (unpaired) electrons. The largest absolute Gasteiger partial charge is 0.495 e. The van der Waals surface area contributed by atoms with Crippen molar-refractivity contribution in [2.24, 2.45) is 0 Å². The van der Waals surface area contributed by atoms with E-state index in [2.05, 4.69) is 14.9 Å². The molecule has 1 aromatic carbocycles. The van der Waals surface area contributed by atoms with Crippen molar-refractivity contribution >= 4 is 27.3 Å². The second kappa shape index (κ2) is 5.10. The normalized spacial score (nSPS) is 11.3. The van der Waals surface area contributed by atoms with Crippen LogP contribution in [0.2, 0.25) is 5.02 Å². The highest BCUT2D eigenvalue weighted by atomic mass is 35.5. The summed E-state index contributed by atoms with van der Waals surface area (Å²) in [6.07, 6.45) is 2.51. The van der Waals surface area contributed by atoms with E-state index in [1.807, 2.05) is 0 Å². The van der Waals surface area contributed by atoms with Crippen molar-refractivity contribution in [3.05, 3.63) is 35.1 Å². The molecule has 0 amide bonds. The molecule has 6 nitrogen and oxygen atoms in total. The zero-order chi connectivity index (χ0) is 14.0. The molecule has 0 fully saturated rings. The number of sulfonamides is 1. The lowest BCUT2D eigenvalue weighted by Gasteiger charge is -2.12. The monoisotopic (exact) mass is 301 g/mol. The van der Waals surface area contributed by atoms with E-state index < -0.39 is 10.0 Å². The number of halogens is 1. The molecule has 1 heterocycles. The summed E-state index contributed by atoms with van der Waals surface area (Å²) in [5, 5.41) is 6.56. The van der Waals surface area contributed by atoms with Crippen LogP contribution in [0.4, 0.5) is 5.69 Å². The van der Waals surface area contributed by atoms with E-state index in [0.717, 1.165) is 5.56 Å². The third-order valence-electron chi connectivity index (χ3n) is 2.51. The van der Waals surface area contributed by atoms with Crippen molar-refractivity contribution in [2.75, 3.05) is 11.8 Å². The lowest BCUT2D eigenvalue weighted by Crippen LogP contribution is -2.13. The number of hydrogen-bond acceptors (Lipinski definition) is 4. The molecule has 0 aliphatic carbocycles. The van der Waals surface area contributed by atoms with Gasteiger partial charge in [0, 0.05) is 17.3 Å². The Hall–Kier alpha value is -1.73. The van der Waals surface area contributed by atoms with Crippen molar-refractivity contribution in [2.45, 2.75) is 11.8 Å². The second-order valence-electron chi connectivity index (χ2n) is 3.84. The fourth-order valence-electron chi connectivity index (χ4n) is 1.50. The number of aryl methyl sites for hydroxylation is 1. The predicted molar refractivity (Wildman–Crippen MR) is 72.1 cm³/mol. The quantitative estimate of drug-likeness (QED) is 0.906. The SMILES string of the molecule is COc1cc(Cl)c(C)cc1NS(=O)(=O)c1cn[nH]c1. The molecule has 0 aliphatic rings. The van der Waals surface area contributed by atoms with Crippen LogP contribution in [0.5, 0.6) is 5.75 Å². The molecule has 0 saturated heterocycles. The molecule has 0 saturated carbocycles. The van der Waals surface area contributed by atoms with E-state index in [1.54, 1.807) is 19.1 Å². The van der Waals surface area contributed by atoms with Gasteiger partial charge in [0.15, 0.2) is 0 Å². The Morgan fingerprint density at radius 3 is 2.74 bits per heavy atom. The second-order valence-corrected chi connectivity index (χ2v) is 5.93. The zero-order valence-electron chi connectivity index (χ0n) is 10.3. The van der Waals surface area contributed by atoms with Gasteiger partial charge >= 0.3 is 0 Å². The van der Waals surface area contributed by atoms with Gasteiger partial charge in [-0.15, -0.1) is 0 Å². The first-order valence-electron chi connectivity index (χ1n) is 5.30. The minimum atomic E-state index is -3.70. The van der Waals surface area contributed by atoms with Gasteiger partial charge in [0.25, 0.3) is 10.0 Å². The number of nitrogens with zero attached hydrogens (tertiary/aromatic N) is 1. The minimum Gasteiger partial charge on any atom is -0.495 e. The highest BCUT2D eigenvalue weighted by Gasteiger charge is 2.18. The van der Waals surface area contributed by atoms with Gasteiger partial charge in [0.1, 0.15) is 10.6 Å². The summed E-state index contributed by atoms with van der Waals surface area (Å²) in [6.45, 7) is 1.78. The van der Waals surface area contributed by atoms with Gasteiger partial charge < -0.3 is 4.74 Å². The summed E-state index contributed by atoms with van der Waals surface area (Å²) >= 11 is 5.96. The Morgan fingerprint density at radius 2 is 2.16 bits per heavy atom. The third-order valence-corrected chi connectivity index (χ3v) is 4.25. The number of anilines is 1. The van der Waals surface area contributed by atoms with E-state index >= 15 is 0 Å². The Morgan fingerprint density at radius 1 is 1.42 bits per heavy atom. The molecular weight excluding hydrogens is 290 g/mol. The van der Waals surface area contributed by atoms with Crippen LogP contribution in [-0.2, 0) is 10.0 Å². The van der Waals surface area contributed by atoms with Crippen LogP contribution in [-0.4, -0.2) is 25.7 Å². The first-order chi connectivity index (χ1) is 8.94. The van der Waals surface area contributed by atoms with E-state index in [4.69, 9.17) is 16.3 Å². The van der Waals surface area contributed by atoms with Crippen molar-refractivity contribution < 1.29 is 13.2 Å². The lowest BCUT2D eigenvalue weighted by atomic mass is 10.2. The molecule has 1 aromatic heterocycles. The van der Waals surface area contributed by atoms with Crippen LogP contribution in [0.1, 0.15) is 5.56 Å². The fourth-order valence-corrected chi connectivity index (χ4v) is 2.62. The maximum absolute atomic E-state index is 12.1. The summed E-state index contributed by atoms with van der Waals surface area (Å²) in [5.41, 5.74) is 1.07. The number of aromatic nitrogens is 2. The molecule has 0 spiro atoms. The van der Waals surface area contributed by atoms with Crippen molar-refractivity contribution in [1.82, 2.24) is 10.2 Å². The van der Waals surface area contributed by atoms with E-state index in [9.17, 15) is 8.42 Å². The molecule has 0 atom stereocenters. The van der Waals surface area contributed by atoms with Gasteiger partial charge in [0.05, 0.1) is 19.0 Å². The smallest absolute Gasteiger partial charge is 0.265 e. The van der Waals surface area contributed by atoms with E-state index in [-0.39, 0.29) is 4.90 Å². The highest BCUT2D eigenvalue weighted by Crippen LogP contribution is 2.32. The zero-order valence-corrected chi connectivity index (χ0v) is 11.8. The molecule has 0 bridgehead atoms. The topological polar surface area (TPSA) is 84.1 Å². The number of methoxy groups -OCH3 is 1. The standard InChI is InChI=1S/C11H12ClN3O3S/c1-7-3-10(11(18-2)4-9(7)12)15-19(16,17)8-5-13-14-6-8/h3-6,15H,1-2H3,(H,13,14). The molecule has 2 N–H and O–H groups in total. The number of benzene rings is 1. The maximum Gasteiger partial charge on any atom is 0.265 e. The lowest BCUT2D eigenvalue weighted by molar-refractivity contribution is 0.417. The van der Waals surface area contributed by atoms with E-state index in [0.29, 0.717) is 16.5 Å². The van der Waals surface area contributed by atoms with Crippen molar-refractivity contribution in [3.8, 4) is 5.75 Å². The molecule has 0 unspecified atom stereocenters. The number of rotatable bonds is 4. The minimum absolute atomic E-state index is 0.0437. The number of H-pyrrole nitrogens is 1. The summed E-state index contributed by atoms with van der Waals surface area (Å²) in [7, 11) is -2.26. The van der Waals surface area contributed by atoms with Crippen molar-refractivity contribution in [1.29, 1.82) is 0 Å². The van der Waals surface area contributed by atoms with Gasteiger partial charge in [-0.1, -0.05) is 11.6 Å². The first-order valence-corrected chi connectivity index (χ1v) is 7.16. The maximum atomic E-state index is 12.1. The number of aromatic amines is 1. The Labute approximate surface area is 115 Å². The average Bonchev–Trinajstić information content (AvgIpc) is 2.87. The fraction of sp³-hybridized carbons (Fsp3) is 0.182. The number of ether oxygens (including phenoxy) is 1. The Bertz CT molecular complexity index is 683. The molecule has 8 heteroatoms. The molecule has 0 aliphatic heterocycles. The first kappa shape index (κ1) is 13.7. The number of hydrogen-bond donors (Lipinski definition) is 2. The van der Waals surface area contributed by atoms with Crippen molar-refractivity contribution in [3.63, 3.8) is 0 Å². The molecular formula is C11H12ClN3O3S. The highest BCUT2D eigenvalue weighted by molar-refractivity contribution is 7.92. The summed E-state index contributed by atoms with van der Waals surface area (Å²) in [5.74, 6) is 0.350. The van der Waals surface area contributed by atoms with Gasteiger partial charge in [-0.25, -0.2) is 8.42 Å². The molecule has 2 rings (SSSR count). The average molecular weight is 302 g/mol. The van der Waals surface area contributed by atoms with Crippen LogP contribution < -0.4 is 9.46 Å². The van der Waals surface area contributed by atoms with Gasteiger partial charge in [-0.3, -0.25) is 9.82 Å². The predicted octanol–water partition coefficient (Wildman–Crippen LogP) is 2.18. The molecule has 102 valence electrons. The van der Waals surface area contributed by atoms with Gasteiger partial charge in [0.2, 0.25) is 0 Å². The van der Waals surface area contributed by atoms with Gasteiger partial charge in [-0.05, 0) is 18.6 Å². The van der Waals surface area contributed by atoms with Crippen LogP contribution in [0, 0.1) is 6.92 Å². The Kier molecular flexibility index (Phi) is 3.68. The van der Waals surface area contributed by atoms with Crippen LogP contribution in [0.25, 0.3) is 0 Å². The molecule has 2 aromatic rings. The summed E-state index contributed by atoms with van der Waals surface area (Å²) < 4.78 is 31.7. The third kappa shape index (κ3) is 2.82. The van der Waals surface area contributed by atoms with E-state index in [1.165, 1.54) is 19.5 Å². The Balaban J connectivity index is 2.41. The van der Waals surface area contributed by atoms with Gasteiger partial charge in [-0.2, -0.15) is 5.10 Å². The molecule has 19 heavy (non-hydrogen) atoms. The van der Waals surface area contributed by atoms with Crippen LogP contribution >= 0.6 is 11.6 Å². The van der Waals surface area contributed by atoms with Crippen LogP contribution in [0.15, 0.2) is 29.4 Å².